The van der Waals surface area contributed by atoms with E-state index in [1.54, 1.807) is 30.3 Å². The van der Waals surface area contributed by atoms with Gasteiger partial charge in [-0.3, -0.25) is 9.59 Å². The van der Waals surface area contributed by atoms with Gasteiger partial charge in [0.2, 0.25) is 0 Å². The fourth-order valence-corrected chi connectivity index (χ4v) is 4.14. The summed E-state index contributed by atoms with van der Waals surface area (Å²) in [7, 11) is 0. The molecule has 2 aromatic carbocycles. The highest BCUT2D eigenvalue weighted by molar-refractivity contribution is 7.98. The second-order valence-electron chi connectivity index (χ2n) is 6.80. The Balaban J connectivity index is 1.75. The van der Waals surface area contributed by atoms with Gasteiger partial charge in [-0.05, 0) is 55.5 Å². The summed E-state index contributed by atoms with van der Waals surface area (Å²) in [6.07, 6.45) is 7.39. The molecule has 7 heteroatoms. The molecule has 148 valence electrons. The van der Waals surface area contributed by atoms with Gasteiger partial charge >= 0.3 is 0 Å². The molecular formula is C21H22Cl2N2O2S. The van der Waals surface area contributed by atoms with Crippen molar-refractivity contribution >= 4 is 52.5 Å². The molecule has 0 heterocycles. The molecular weight excluding hydrogens is 415 g/mol. The lowest BCUT2D eigenvalue weighted by molar-refractivity contribution is 0.0926. The molecule has 28 heavy (non-hydrogen) atoms. The van der Waals surface area contributed by atoms with Crippen LogP contribution in [0.5, 0.6) is 0 Å². The zero-order valence-electron chi connectivity index (χ0n) is 15.6. The molecule has 0 radical (unpaired) electrons. The maximum atomic E-state index is 12.6. The highest BCUT2D eigenvalue weighted by Gasteiger charge is 2.19. The SMILES string of the molecule is CSc1ccc(Cl)c(C(=O)Nc2ccc(Cl)c(C(=O)NC3CCCCC3)c2)c1. The number of carbonyl (C=O) groups is 2. The Bertz CT molecular complexity index is 883. The average Bonchev–Trinajstić information content (AvgIpc) is 2.70. The lowest BCUT2D eigenvalue weighted by atomic mass is 9.95. The van der Waals surface area contributed by atoms with Crippen LogP contribution in [0.15, 0.2) is 41.3 Å². The van der Waals surface area contributed by atoms with Gasteiger partial charge in [-0.1, -0.05) is 42.5 Å². The van der Waals surface area contributed by atoms with Gasteiger partial charge in [0.05, 0.1) is 21.2 Å². The third-order valence-corrected chi connectivity index (χ3v) is 6.21. The van der Waals surface area contributed by atoms with Gasteiger partial charge in [0.1, 0.15) is 0 Å². The molecule has 2 amide bonds. The normalized spacial score (nSPS) is 14.5. The van der Waals surface area contributed by atoms with E-state index < -0.39 is 0 Å². The number of halogens is 2. The minimum absolute atomic E-state index is 0.184. The quantitative estimate of drug-likeness (QED) is 0.562. The van der Waals surface area contributed by atoms with Crippen molar-refractivity contribution in [2.45, 2.75) is 43.0 Å². The molecule has 2 N–H and O–H groups in total. The average molecular weight is 437 g/mol. The Kier molecular flexibility index (Phi) is 7.27. The van der Waals surface area contributed by atoms with E-state index in [1.165, 1.54) is 18.2 Å². The minimum atomic E-state index is -0.332. The van der Waals surface area contributed by atoms with E-state index in [-0.39, 0.29) is 17.9 Å². The molecule has 1 saturated carbocycles. The first-order valence-electron chi connectivity index (χ1n) is 9.23. The van der Waals surface area contributed by atoms with E-state index in [4.69, 9.17) is 23.2 Å². The Morgan fingerprint density at radius 3 is 2.25 bits per heavy atom. The first kappa shape index (κ1) is 21.0. The summed E-state index contributed by atoms with van der Waals surface area (Å²) < 4.78 is 0. The molecule has 1 fully saturated rings. The molecule has 2 aromatic rings. The molecule has 0 spiro atoms. The third kappa shape index (κ3) is 5.22. The number of carbonyl (C=O) groups excluding carboxylic acids is 2. The first-order valence-corrected chi connectivity index (χ1v) is 11.2. The summed E-state index contributed by atoms with van der Waals surface area (Å²) in [4.78, 5) is 26.2. The summed E-state index contributed by atoms with van der Waals surface area (Å²) in [5.74, 6) is -0.544. The van der Waals surface area contributed by atoms with Crippen molar-refractivity contribution in [2.75, 3.05) is 11.6 Å². The number of hydrogen-bond donors (Lipinski definition) is 2. The predicted octanol–water partition coefficient (Wildman–Crippen LogP) is 6.03. The second kappa shape index (κ2) is 9.68. The number of amides is 2. The van der Waals surface area contributed by atoms with E-state index in [0.717, 1.165) is 30.6 Å². The minimum Gasteiger partial charge on any atom is -0.349 e. The van der Waals surface area contributed by atoms with Gasteiger partial charge in [-0.15, -0.1) is 11.8 Å². The fourth-order valence-electron chi connectivity index (χ4n) is 3.29. The molecule has 1 aliphatic rings. The Morgan fingerprint density at radius 1 is 0.929 bits per heavy atom. The Morgan fingerprint density at radius 2 is 1.57 bits per heavy atom. The van der Waals surface area contributed by atoms with E-state index >= 15 is 0 Å². The van der Waals surface area contributed by atoms with Crippen LogP contribution < -0.4 is 10.6 Å². The Labute approximate surface area is 179 Å². The molecule has 0 aliphatic heterocycles. The first-order chi connectivity index (χ1) is 13.5. The zero-order valence-corrected chi connectivity index (χ0v) is 17.9. The molecule has 0 aromatic heterocycles. The van der Waals surface area contributed by atoms with Gasteiger partial charge < -0.3 is 10.6 Å². The van der Waals surface area contributed by atoms with Crippen LogP contribution >= 0.6 is 35.0 Å². The molecule has 0 unspecified atom stereocenters. The van der Waals surface area contributed by atoms with Crippen molar-refractivity contribution in [2.24, 2.45) is 0 Å². The topological polar surface area (TPSA) is 58.2 Å². The molecule has 0 saturated heterocycles. The van der Waals surface area contributed by atoms with E-state index in [9.17, 15) is 9.59 Å². The standard InChI is InChI=1S/C21H22Cl2N2O2S/c1-28-15-8-10-19(23)17(12-15)21(27)25-14-7-9-18(22)16(11-14)20(26)24-13-5-3-2-4-6-13/h7-13H,2-6H2,1H3,(H,24,26)(H,25,27). The van der Waals surface area contributed by atoms with E-state index in [0.29, 0.717) is 26.9 Å². The number of benzene rings is 2. The second-order valence-corrected chi connectivity index (χ2v) is 8.50. The van der Waals surface area contributed by atoms with Gasteiger partial charge in [0, 0.05) is 16.6 Å². The van der Waals surface area contributed by atoms with Gasteiger partial charge in [-0.25, -0.2) is 0 Å². The highest BCUT2D eigenvalue weighted by atomic mass is 35.5. The predicted molar refractivity (Wildman–Crippen MR) is 117 cm³/mol. The van der Waals surface area contributed by atoms with Crippen molar-refractivity contribution in [1.29, 1.82) is 0 Å². The summed E-state index contributed by atoms with van der Waals surface area (Å²) in [6.45, 7) is 0. The fraction of sp³-hybridized carbons (Fsp3) is 0.333. The van der Waals surface area contributed by atoms with Crippen LogP contribution in [-0.4, -0.2) is 24.1 Å². The van der Waals surface area contributed by atoms with Crippen LogP contribution in [0.4, 0.5) is 5.69 Å². The monoisotopic (exact) mass is 436 g/mol. The van der Waals surface area contributed by atoms with Crippen molar-refractivity contribution in [3.63, 3.8) is 0 Å². The van der Waals surface area contributed by atoms with Crippen LogP contribution in [0.3, 0.4) is 0 Å². The van der Waals surface area contributed by atoms with Crippen LogP contribution in [0.2, 0.25) is 10.0 Å². The highest BCUT2D eigenvalue weighted by Crippen LogP contribution is 2.26. The smallest absolute Gasteiger partial charge is 0.257 e. The van der Waals surface area contributed by atoms with Crippen molar-refractivity contribution in [3.05, 3.63) is 57.6 Å². The number of thioether (sulfide) groups is 1. The Hall–Kier alpha value is -1.69. The number of rotatable bonds is 5. The molecule has 3 rings (SSSR count). The lowest BCUT2D eigenvalue weighted by Gasteiger charge is -2.23. The number of hydrogen-bond acceptors (Lipinski definition) is 3. The molecule has 4 nitrogen and oxygen atoms in total. The summed E-state index contributed by atoms with van der Waals surface area (Å²) in [6, 6.07) is 10.4. The van der Waals surface area contributed by atoms with Crippen LogP contribution in [-0.2, 0) is 0 Å². The van der Waals surface area contributed by atoms with E-state index in [2.05, 4.69) is 10.6 Å². The zero-order chi connectivity index (χ0) is 20.1. The maximum Gasteiger partial charge on any atom is 0.257 e. The number of anilines is 1. The van der Waals surface area contributed by atoms with Crippen LogP contribution in [0, 0.1) is 0 Å². The lowest BCUT2D eigenvalue weighted by Crippen LogP contribution is -2.36. The summed E-state index contributed by atoms with van der Waals surface area (Å²) in [5, 5.41) is 6.59. The number of nitrogens with one attached hydrogen (secondary N) is 2. The molecule has 0 bridgehead atoms. The maximum absolute atomic E-state index is 12.6. The van der Waals surface area contributed by atoms with Crippen molar-refractivity contribution in [1.82, 2.24) is 5.32 Å². The van der Waals surface area contributed by atoms with E-state index in [1.807, 2.05) is 12.3 Å². The molecule has 0 atom stereocenters. The van der Waals surface area contributed by atoms with Crippen LogP contribution in [0.1, 0.15) is 52.8 Å². The van der Waals surface area contributed by atoms with Crippen molar-refractivity contribution < 1.29 is 9.59 Å². The van der Waals surface area contributed by atoms with Gasteiger partial charge in [0.25, 0.3) is 11.8 Å². The molecule has 1 aliphatic carbocycles. The third-order valence-electron chi connectivity index (χ3n) is 4.83. The summed E-state index contributed by atoms with van der Waals surface area (Å²) >= 11 is 13.9. The van der Waals surface area contributed by atoms with Crippen LogP contribution in [0.25, 0.3) is 0 Å². The largest absolute Gasteiger partial charge is 0.349 e. The van der Waals surface area contributed by atoms with Crippen molar-refractivity contribution in [3.8, 4) is 0 Å². The van der Waals surface area contributed by atoms with Gasteiger partial charge in [-0.2, -0.15) is 0 Å². The summed E-state index contributed by atoms with van der Waals surface area (Å²) in [5.41, 5.74) is 1.24. The van der Waals surface area contributed by atoms with Gasteiger partial charge in [0.15, 0.2) is 0 Å².